The summed E-state index contributed by atoms with van der Waals surface area (Å²) in [6.45, 7) is 8.09. The second-order valence-corrected chi connectivity index (χ2v) is 7.22. The van der Waals surface area contributed by atoms with E-state index in [4.69, 9.17) is 4.74 Å². The molecule has 1 saturated carbocycles. The molecular formula is C16H22O3. The molecule has 0 spiro atoms. The Hall–Kier alpha value is -1.12. The number of allylic oxidation sites excluding steroid dienone is 1. The van der Waals surface area contributed by atoms with Gasteiger partial charge in [-0.1, -0.05) is 6.92 Å². The van der Waals surface area contributed by atoms with E-state index in [-0.39, 0.29) is 29.2 Å². The van der Waals surface area contributed by atoms with Crippen molar-refractivity contribution in [2.24, 2.45) is 16.7 Å². The summed E-state index contributed by atoms with van der Waals surface area (Å²) in [4.78, 5) is 24.1. The van der Waals surface area contributed by atoms with Gasteiger partial charge in [0, 0.05) is 12.3 Å². The van der Waals surface area contributed by atoms with Gasteiger partial charge in [0.25, 0.3) is 0 Å². The van der Waals surface area contributed by atoms with Gasteiger partial charge in [-0.05, 0) is 56.6 Å². The van der Waals surface area contributed by atoms with E-state index >= 15 is 0 Å². The van der Waals surface area contributed by atoms with Crippen LogP contribution in [0.3, 0.4) is 0 Å². The minimum atomic E-state index is -0.417. The molecular weight excluding hydrogens is 240 g/mol. The normalized spacial score (nSPS) is 40.8. The summed E-state index contributed by atoms with van der Waals surface area (Å²) in [6.07, 6.45) is 3.46. The molecule has 0 N–H and O–H groups in total. The predicted octanol–water partition coefficient (Wildman–Crippen LogP) is 3.03. The molecule has 0 aromatic rings. The SMILES string of the molecule is CC1=C2[C@@H]3OC(=O)C(C)(C)[C@H]3CC[C@]2(C)CCC1=O. The molecule has 0 aromatic carbocycles. The lowest BCUT2D eigenvalue weighted by Crippen LogP contribution is -2.43. The van der Waals surface area contributed by atoms with E-state index < -0.39 is 5.41 Å². The molecule has 1 heterocycles. The maximum atomic E-state index is 12.1. The van der Waals surface area contributed by atoms with Crippen LogP contribution in [0.25, 0.3) is 0 Å². The van der Waals surface area contributed by atoms with Gasteiger partial charge < -0.3 is 4.74 Å². The number of rotatable bonds is 0. The monoisotopic (exact) mass is 262 g/mol. The van der Waals surface area contributed by atoms with Crippen molar-refractivity contribution < 1.29 is 14.3 Å². The molecule has 3 aliphatic rings. The van der Waals surface area contributed by atoms with Crippen molar-refractivity contribution >= 4 is 11.8 Å². The number of carbonyl (C=O) groups excluding carboxylic acids is 2. The third-order valence-corrected chi connectivity index (χ3v) is 5.72. The van der Waals surface area contributed by atoms with Crippen LogP contribution >= 0.6 is 0 Å². The van der Waals surface area contributed by atoms with Gasteiger partial charge >= 0.3 is 5.97 Å². The molecule has 0 aromatic heterocycles. The Labute approximate surface area is 114 Å². The molecule has 0 radical (unpaired) electrons. The number of hydrogen-bond acceptors (Lipinski definition) is 3. The standard InChI is InChI=1S/C16H22O3/c1-9-11(17)6-8-16(4)7-5-10-13(12(9)16)19-14(18)15(10,2)3/h10,13H,5-8H2,1-4H3/t10-,13+,16+/m0/s1. The molecule has 2 aliphatic carbocycles. The van der Waals surface area contributed by atoms with Crippen LogP contribution in [0.4, 0.5) is 0 Å². The fourth-order valence-corrected chi connectivity index (χ4v) is 4.26. The van der Waals surface area contributed by atoms with Crippen LogP contribution < -0.4 is 0 Å². The van der Waals surface area contributed by atoms with Gasteiger partial charge in [-0.3, -0.25) is 9.59 Å². The highest BCUT2D eigenvalue weighted by molar-refractivity contribution is 5.97. The van der Waals surface area contributed by atoms with Gasteiger partial charge in [0.15, 0.2) is 5.78 Å². The number of ketones is 1. The van der Waals surface area contributed by atoms with Gasteiger partial charge in [0.2, 0.25) is 0 Å². The van der Waals surface area contributed by atoms with E-state index in [2.05, 4.69) is 6.92 Å². The zero-order chi connectivity index (χ0) is 14.0. The van der Waals surface area contributed by atoms with Gasteiger partial charge in [-0.2, -0.15) is 0 Å². The Morgan fingerprint density at radius 1 is 1.16 bits per heavy atom. The lowest BCUT2D eigenvalue weighted by molar-refractivity contribution is -0.147. The summed E-state index contributed by atoms with van der Waals surface area (Å²) in [5, 5.41) is 0. The maximum Gasteiger partial charge on any atom is 0.312 e. The summed E-state index contributed by atoms with van der Waals surface area (Å²) in [5.41, 5.74) is 1.62. The van der Waals surface area contributed by atoms with E-state index in [0.29, 0.717) is 6.42 Å². The van der Waals surface area contributed by atoms with Crippen molar-refractivity contribution in [2.75, 3.05) is 0 Å². The maximum absolute atomic E-state index is 12.1. The quantitative estimate of drug-likeness (QED) is 0.630. The number of Topliss-reactive ketones (excluding diaryl/α,β-unsaturated/α-hetero) is 1. The highest BCUT2D eigenvalue weighted by Crippen LogP contribution is 2.57. The van der Waals surface area contributed by atoms with Crippen LogP contribution in [-0.2, 0) is 14.3 Å². The van der Waals surface area contributed by atoms with Crippen molar-refractivity contribution in [1.29, 1.82) is 0 Å². The number of esters is 1. The summed E-state index contributed by atoms with van der Waals surface area (Å²) in [6, 6.07) is 0. The average Bonchev–Trinajstić information content (AvgIpc) is 2.55. The number of carbonyl (C=O) groups is 2. The van der Waals surface area contributed by atoms with Gasteiger partial charge in [-0.25, -0.2) is 0 Å². The molecule has 1 saturated heterocycles. The first-order valence-electron chi connectivity index (χ1n) is 7.23. The van der Waals surface area contributed by atoms with Crippen LogP contribution in [0.1, 0.15) is 53.4 Å². The Kier molecular flexibility index (Phi) is 2.52. The first kappa shape index (κ1) is 12.9. The topological polar surface area (TPSA) is 43.4 Å². The lowest BCUT2D eigenvalue weighted by atomic mass is 9.57. The molecule has 3 heteroatoms. The Bertz CT molecular complexity index is 500. The third kappa shape index (κ3) is 1.56. The zero-order valence-electron chi connectivity index (χ0n) is 12.2. The largest absolute Gasteiger partial charge is 0.457 e. The van der Waals surface area contributed by atoms with Crippen molar-refractivity contribution in [2.45, 2.75) is 59.5 Å². The van der Waals surface area contributed by atoms with Crippen molar-refractivity contribution in [1.82, 2.24) is 0 Å². The second kappa shape index (κ2) is 3.71. The van der Waals surface area contributed by atoms with Gasteiger partial charge in [0.1, 0.15) is 6.10 Å². The summed E-state index contributed by atoms with van der Waals surface area (Å²) >= 11 is 0. The highest BCUT2D eigenvalue weighted by atomic mass is 16.6. The highest BCUT2D eigenvalue weighted by Gasteiger charge is 2.58. The number of ether oxygens (including phenoxy) is 1. The molecule has 2 fully saturated rings. The molecule has 0 unspecified atom stereocenters. The fraction of sp³-hybridized carbons (Fsp3) is 0.750. The number of fused-ring (bicyclic) bond motifs is 3. The van der Waals surface area contributed by atoms with Gasteiger partial charge in [-0.15, -0.1) is 0 Å². The van der Waals surface area contributed by atoms with E-state index in [1.807, 2.05) is 20.8 Å². The first-order valence-corrected chi connectivity index (χ1v) is 7.23. The predicted molar refractivity (Wildman–Crippen MR) is 71.4 cm³/mol. The Morgan fingerprint density at radius 3 is 2.53 bits per heavy atom. The first-order chi connectivity index (χ1) is 8.77. The van der Waals surface area contributed by atoms with Crippen LogP contribution in [0, 0.1) is 16.7 Å². The lowest BCUT2D eigenvalue weighted by Gasteiger charge is -2.46. The van der Waals surface area contributed by atoms with Gasteiger partial charge in [0.05, 0.1) is 5.41 Å². The Morgan fingerprint density at radius 2 is 1.84 bits per heavy atom. The van der Waals surface area contributed by atoms with E-state index in [0.717, 1.165) is 30.4 Å². The van der Waals surface area contributed by atoms with Crippen LogP contribution in [0.5, 0.6) is 0 Å². The molecule has 104 valence electrons. The summed E-state index contributed by atoms with van der Waals surface area (Å²) < 4.78 is 5.68. The smallest absolute Gasteiger partial charge is 0.312 e. The summed E-state index contributed by atoms with van der Waals surface area (Å²) in [7, 11) is 0. The Balaban J connectivity index is 2.11. The molecule has 3 rings (SSSR count). The fourth-order valence-electron chi connectivity index (χ4n) is 4.26. The number of hydrogen-bond donors (Lipinski definition) is 0. The minimum Gasteiger partial charge on any atom is -0.457 e. The van der Waals surface area contributed by atoms with E-state index in [9.17, 15) is 9.59 Å². The van der Waals surface area contributed by atoms with Crippen molar-refractivity contribution in [3.8, 4) is 0 Å². The average molecular weight is 262 g/mol. The van der Waals surface area contributed by atoms with Crippen LogP contribution in [0.15, 0.2) is 11.1 Å². The van der Waals surface area contributed by atoms with Crippen LogP contribution in [-0.4, -0.2) is 17.9 Å². The van der Waals surface area contributed by atoms with Crippen LogP contribution in [0.2, 0.25) is 0 Å². The molecule has 1 aliphatic heterocycles. The second-order valence-electron chi connectivity index (χ2n) is 7.22. The summed E-state index contributed by atoms with van der Waals surface area (Å²) in [5.74, 6) is 0.350. The minimum absolute atomic E-state index is 0.0554. The molecule has 3 nitrogen and oxygen atoms in total. The zero-order valence-corrected chi connectivity index (χ0v) is 12.2. The third-order valence-electron chi connectivity index (χ3n) is 5.72. The molecule has 3 atom stereocenters. The molecule has 19 heavy (non-hydrogen) atoms. The molecule has 0 amide bonds. The van der Waals surface area contributed by atoms with E-state index in [1.165, 1.54) is 0 Å². The molecule has 0 bridgehead atoms. The van der Waals surface area contributed by atoms with Crippen molar-refractivity contribution in [3.05, 3.63) is 11.1 Å². The van der Waals surface area contributed by atoms with E-state index in [1.54, 1.807) is 0 Å². The van der Waals surface area contributed by atoms with Crippen molar-refractivity contribution in [3.63, 3.8) is 0 Å².